The topological polar surface area (TPSA) is 47.6 Å². The molecule has 1 aliphatic heterocycles. The fourth-order valence-corrected chi connectivity index (χ4v) is 3.09. The maximum Gasteiger partial charge on any atom is 0.289 e. The number of rotatable bonds is 4. The lowest BCUT2D eigenvalue weighted by atomic mass is 10.2. The van der Waals surface area contributed by atoms with E-state index in [9.17, 15) is 13.6 Å². The summed E-state index contributed by atoms with van der Waals surface area (Å²) in [4.78, 5) is 12.5. The first kappa shape index (κ1) is 16.9. The van der Waals surface area contributed by atoms with E-state index in [0.717, 1.165) is 0 Å². The number of carbonyl (C=O) groups excluding carboxylic acids is 1. The molecule has 1 heterocycles. The van der Waals surface area contributed by atoms with E-state index in [0.29, 0.717) is 11.5 Å². The lowest BCUT2D eigenvalue weighted by Crippen LogP contribution is -2.40. The molecule has 1 amide bonds. The number of fused-ring (bicyclic) bond motifs is 1. The van der Waals surface area contributed by atoms with Gasteiger partial charge in [0.2, 0.25) is 6.10 Å². The largest absolute Gasteiger partial charge is 0.485 e. The van der Waals surface area contributed by atoms with Crippen LogP contribution in [0.5, 0.6) is 11.5 Å². The van der Waals surface area contributed by atoms with Gasteiger partial charge in [-0.3, -0.25) is 4.79 Å². The molecule has 1 aliphatic rings. The average molecular weight is 372 g/mol. The van der Waals surface area contributed by atoms with Gasteiger partial charge in [-0.05, 0) is 24.3 Å². The highest BCUT2D eigenvalue weighted by molar-refractivity contribution is 7.99. The number of carbonyl (C=O) groups is 1. The summed E-state index contributed by atoms with van der Waals surface area (Å²) in [7, 11) is 0. The Balaban J connectivity index is 1.75. The lowest BCUT2D eigenvalue weighted by molar-refractivity contribution is -0.125. The number of para-hydroxylation sites is 2. The van der Waals surface area contributed by atoms with Crippen molar-refractivity contribution in [1.29, 1.82) is 0 Å². The number of anilines is 1. The molecule has 0 radical (unpaired) electrons. The first-order valence-corrected chi connectivity index (χ1v) is 8.23. The highest BCUT2D eigenvalue weighted by atomic mass is 35.5. The Morgan fingerprint density at radius 2 is 1.96 bits per heavy atom. The Kier molecular flexibility index (Phi) is 5.11. The van der Waals surface area contributed by atoms with Crippen molar-refractivity contribution in [3.8, 4) is 11.5 Å². The second kappa shape index (κ2) is 7.27. The van der Waals surface area contributed by atoms with Gasteiger partial charge in [-0.1, -0.05) is 41.6 Å². The smallest absolute Gasteiger partial charge is 0.289 e. The van der Waals surface area contributed by atoms with Crippen LogP contribution in [0.3, 0.4) is 0 Å². The molecule has 0 aromatic heterocycles. The van der Waals surface area contributed by atoms with Gasteiger partial charge in [-0.15, -0.1) is 0 Å². The van der Waals surface area contributed by atoms with Crippen LogP contribution in [0.1, 0.15) is 0 Å². The summed E-state index contributed by atoms with van der Waals surface area (Å²) in [5.41, 5.74) is 0.209. The number of thioether (sulfide) groups is 1. The van der Waals surface area contributed by atoms with Crippen LogP contribution in [0, 0.1) is 0 Å². The van der Waals surface area contributed by atoms with Crippen molar-refractivity contribution in [3.63, 3.8) is 0 Å². The van der Waals surface area contributed by atoms with Crippen LogP contribution in [0.25, 0.3) is 0 Å². The van der Waals surface area contributed by atoms with Gasteiger partial charge >= 0.3 is 0 Å². The fraction of sp³-hybridized carbons (Fsp3) is 0.188. The molecule has 2 aromatic rings. The normalized spacial score (nSPS) is 16.1. The highest BCUT2D eigenvalue weighted by Gasteiger charge is 2.28. The van der Waals surface area contributed by atoms with Gasteiger partial charge in [0.1, 0.15) is 6.61 Å². The van der Waals surface area contributed by atoms with Crippen molar-refractivity contribution in [2.45, 2.75) is 16.8 Å². The molecule has 1 atom stereocenters. The van der Waals surface area contributed by atoms with E-state index in [-0.39, 0.29) is 34.0 Å². The summed E-state index contributed by atoms with van der Waals surface area (Å²) in [5.74, 6) is -2.14. The fourth-order valence-electron chi connectivity index (χ4n) is 2.18. The van der Waals surface area contributed by atoms with Gasteiger partial charge in [0, 0.05) is 0 Å². The van der Waals surface area contributed by atoms with Gasteiger partial charge < -0.3 is 14.8 Å². The molecule has 3 rings (SSSR count). The van der Waals surface area contributed by atoms with E-state index in [2.05, 4.69) is 5.32 Å². The first-order valence-electron chi connectivity index (χ1n) is 6.97. The van der Waals surface area contributed by atoms with Gasteiger partial charge in [-0.2, -0.15) is 8.78 Å². The minimum absolute atomic E-state index is 0.0285. The van der Waals surface area contributed by atoms with E-state index in [1.165, 1.54) is 12.1 Å². The molecule has 0 fully saturated rings. The molecule has 0 spiro atoms. The second-order valence-electron chi connectivity index (χ2n) is 4.85. The van der Waals surface area contributed by atoms with Crippen LogP contribution in [-0.2, 0) is 4.79 Å². The predicted octanol–water partition coefficient (Wildman–Crippen LogP) is 4.43. The van der Waals surface area contributed by atoms with Gasteiger partial charge in [0.25, 0.3) is 11.7 Å². The maximum atomic E-state index is 12.7. The average Bonchev–Trinajstić information content (AvgIpc) is 2.57. The van der Waals surface area contributed by atoms with Crippen molar-refractivity contribution in [3.05, 3.63) is 47.5 Å². The number of alkyl halides is 2. The van der Waals surface area contributed by atoms with Crippen molar-refractivity contribution in [2.24, 2.45) is 0 Å². The number of halogens is 3. The number of hydrogen-bond acceptors (Lipinski definition) is 4. The molecule has 0 bridgehead atoms. The quantitative estimate of drug-likeness (QED) is 0.807. The number of ether oxygens (including phenoxy) is 2. The zero-order valence-electron chi connectivity index (χ0n) is 12.2. The third-order valence-corrected chi connectivity index (χ3v) is 4.51. The van der Waals surface area contributed by atoms with Crippen molar-refractivity contribution in [1.82, 2.24) is 0 Å². The number of amides is 1. The van der Waals surface area contributed by atoms with Crippen LogP contribution < -0.4 is 14.8 Å². The highest BCUT2D eigenvalue weighted by Crippen LogP contribution is 2.38. The molecular formula is C16H12ClF2NO3S. The SMILES string of the molecule is O=C(Nc1cccc(Cl)c1SC(F)F)C1COc2ccccc2O1. The summed E-state index contributed by atoms with van der Waals surface area (Å²) in [5, 5.41) is 2.72. The Bertz CT molecular complexity index is 760. The van der Waals surface area contributed by atoms with Gasteiger partial charge in [0.05, 0.1) is 15.6 Å². The van der Waals surface area contributed by atoms with E-state index >= 15 is 0 Å². The molecule has 24 heavy (non-hydrogen) atoms. The summed E-state index contributed by atoms with van der Waals surface area (Å²) in [6.07, 6.45) is -0.886. The van der Waals surface area contributed by atoms with Gasteiger partial charge in [-0.25, -0.2) is 0 Å². The molecule has 8 heteroatoms. The van der Waals surface area contributed by atoms with Gasteiger partial charge in [0.15, 0.2) is 11.5 Å². The summed E-state index contributed by atoms with van der Waals surface area (Å²) in [6.45, 7) is 0.0285. The Labute approximate surface area is 146 Å². The summed E-state index contributed by atoms with van der Waals surface area (Å²) >= 11 is 6.23. The van der Waals surface area contributed by atoms with E-state index < -0.39 is 17.8 Å². The van der Waals surface area contributed by atoms with Crippen molar-refractivity contribution >= 4 is 35.0 Å². The second-order valence-corrected chi connectivity index (χ2v) is 6.26. The third kappa shape index (κ3) is 3.73. The Hall–Kier alpha value is -1.99. The van der Waals surface area contributed by atoms with Crippen LogP contribution in [0.15, 0.2) is 47.4 Å². The van der Waals surface area contributed by atoms with Crippen LogP contribution in [0.2, 0.25) is 5.02 Å². The number of benzene rings is 2. The Morgan fingerprint density at radius 3 is 2.71 bits per heavy atom. The zero-order valence-corrected chi connectivity index (χ0v) is 13.7. The molecule has 4 nitrogen and oxygen atoms in total. The molecule has 1 N–H and O–H groups in total. The first-order chi connectivity index (χ1) is 11.5. The number of hydrogen-bond donors (Lipinski definition) is 1. The standard InChI is InChI=1S/C16H12ClF2NO3S/c17-9-4-3-5-10(14(9)24-16(18)19)20-15(21)13-8-22-11-6-1-2-7-12(11)23-13/h1-7,13,16H,8H2,(H,20,21). The predicted molar refractivity (Wildman–Crippen MR) is 88.3 cm³/mol. The molecule has 0 aliphatic carbocycles. The maximum absolute atomic E-state index is 12.7. The molecule has 126 valence electrons. The minimum Gasteiger partial charge on any atom is -0.485 e. The minimum atomic E-state index is -2.65. The lowest BCUT2D eigenvalue weighted by Gasteiger charge is -2.25. The zero-order chi connectivity index (χ0) is 17.1. The Morgan fingerprint density at radius 1 is 1.21 bits per heavy atom. The summed E-state index contributed by atoms with van der Waals surface area (Å²) < 4.78 is 36.4. The van der Waals surface area contributed by atoms with E-state index in [1.807, 2.05) is 0 Å². The molecule has 0 saturated carbocycles. The molecule has 2 aromatic carbocycles. The van der Waals surface area contributed by atoms with Crippen LogP contribution in [0.4, 0.5) is 14.5 Å². The van der Waals surface area contributed by atoms with E-state index in [4.69, 9.17) is 21.1 Å². The molecule has 0 saturated heterocycles. The van der Waals surface area contributed by atoms with Crippen LogP contribution >= 0.6 is 23.4 Å². The van der Waals surface area contributed by atoms with E-state index in [1.54, 1.807) is 30.3 Å². The van der Waals surface area contributed by atoms with Crippen LogP contribution in [-0.4, -0.2) is 24.4 Å². The monoisotopic (exact) mass is 371 g/mol. The molecular weight excluding hydrogens is 360 g/mol. The third-order valence-electron chi connectivity index (χ3n) is 3.23. The van der Waals surface area contributed by atoms with Crippen molar-refractivity contribution < 1.29 is 23.0 Å². The number of nitrogens with one attached hydrogen (secondary N) is 1. The summed E-state index contributed by atoms with van der Waals surface area (Å²) in [6, 6.07) is 11.5. The molecule has 1 unspecified atom stereocenters. The van der Waals surface area contributed by atoms with Crippen molar-refractivity contribution in [2.75, 3.05) is 11.9 Å².